The molecule has 4 heteroatoms. The lowest BCUT2D eigenvalue weighted by Crippen LogP contribution is -2.16. The highest BCUT2D eigenvalue weighted by Gasteiger charge is 2.17. The Labute approximate surface area is 114 Å². The summed E-state index contributed by atoms with van der Waals surface area (Å²) in [4.78, 5) is 4.38. The smallest absolute Gasteiger partial charge is 0.363 e. The van der Waals surface area contributed by atoms with Crippen molar-refractivity contribution in [2.45, 2.75) is 39.4 Å². The van der Waals surface area contributed by atoms with Crippen LogP contribution in [0.15, 0.2) is 41.2 Å². The summed E-state index contributed by atoms with van der Waals surface area (Å²) in [5.74, 6) is 0. The first-order valence-electron chi connectivity index (χ1n) is 6.99. The van der Waals surface area contributed by atoms with Gasteiger partial charge in [-0.2, -0.15) is 0 Å². The van der Waals surface area contributed by atoms with Crippen LogP contribution in [0.25, 0.3) is 5.57 Å². The molecule has 1 aliphatic heterocycles. The average molecular weight is 258 g/mol. The Hall–Kier alpha value is -1.58. The van der Waals surface area contributed by atoms with E-state index in [9.17, 15) is 4.32 Å². The molecule has 1 aliphatic rings. The Morgan fingerprint density at radius 2 is 2.26 bits per heavy atom. The second-order valence-electron chi connectivity index (χ2n) is 4.83. The third kappa shape index (κ3) is 3.25. The van der Waals surface area contributed by atoms with E-state index in [1.807, 2.05) is 24.3 Å². The topological polar surface area (TPSA) is 17.3 Å². The van der Waals surface area contributed by atoms with Gasteiger partial charge < -0.3 is 8.79 Å². The number of nitrogens with zero attached hydrogens (tertiary/aromatic N) is 2. The lowest BCUT2D eigenvalue weighted by atomic mass is 9.90. The molecule has 0 radical (unpaired) electrons. The van der Waals surface area contributed by atoms with Gasteiger partial charge in [-0.25, -0.2) is 0 Å². The Balaban J connectivity index is 2.32. The summed E-state index contributed by atoms with van der Waals surface area (Å²) in [6, 6.07) is 3.88. The van der Waals surface area contributed by atoms with E-state index in [1.165, 1.54) is 12.8 Å². The third-order valence-electron chi connectivity index (χ3n) is 3.36. The molecule has 0 fully saturated rings. The van der Waals surface area contributed by atoms with Crippen LogP contribution in [0.5, 0.6) is 0 Å². The van der Waals surface area contributed by atoms with Gasteiger partial charge in [0, 0.05) is 17.5 Å². The molecule has 0 unspecified atom stereocenters. The molecular formula is C15H20BFN2. The Morgan fingerprint density at radius 1 is 1.42 bits per heavy atom. The second-order valence-corrected chi connectivity index (χ2v) is 4.83. The van der Waals surface area contributed by atoms with E-state index >= 15 is 0 Å². The number of unbranched alkanes of at least 4 members (excludes halogenated alkanes) is 2. The Morgan fingerprint density at radius 3 is 2.89 bits per heavy atom. The van der Waals surface area contributed by atoms with Crippen LogP contribution in [0.4, 0.5) is 4.32 Å². The fraction of sp³-hybridized carbons (Fsp3) is 0.400. The number of allylic oxidation sites excluding steroid dienone is 3. The molecule has 2 rings (SSSR count). The van der Waals surface area contributed by atoms with Crippen LogP contribution in [-0.4, -0.2) is 17.8 Å². The second kappa shape index (κ2) is 6.55. The maximum Gasteiger partial charge on any atom is 0.461 e. The molecule has 2 heterocycles. The summed E-state index contributed by atoms with van der Waals surface area (Å²) in [7, 11) is -1.01. The van der Waals surface area contributed by atoms with Gasteiger partial charge >= 0.3 is 7.12 Å². The largest absolute Gasteiger partial charge is 0.461 e. The number of hydrogen-bond donors (Lipinski definition) is 0. The van der Waals surface area contributed by atoms with Gasteiger partial charge in [0.15, 0.2) is 0 Å². The zero-order valence-electron chi connectivity index (χ0n) is 11.6. The molecule has 0 spiro atoms. The van der Waals surface area contributed by atoms with Crippen molar-refractivity contribution >= 4 is 18.9 Å². The zero-order valence-corrected chi connectivity index (χ0v) is 11.6. The fourth-order valence-electron chi connectivity index (χ4n) is 2.38. The van der Waals surface area contributed by atoms with Crippen molar-refractivity contribution in [1.82, 2.24) is 4.48 Å². The molecule has 2 nitrogen and oxygen atoms in total. The van der Waals surface area contributed by atoms with Crippen molar-refractivity contribution in [1.29, 1.82) is 0 Å². The van der Waals surface area contributed by atoms with Gasteiger partial charge in [0.05, 0.1) is 5.70 Å². The summed E-state index contributed by atoms with van der Waals surface area (Å²) in [6.45, 7) is 3.75. The first kappa shape index (κ1) is 13.8. The van der Waals surface area contributed by atoms with Crippen molar-refractivity contribution in [3.63, 3.8) is 0 Å². The number of halogens is 1. The van der Waals surface area contributed by atoms with Gasteiger partial charge in [0.1, 0.15) is 0 Å². The summed E-state index contributed by atoms with van der Waals surface area (Å²) in [6.07, 6.45) is 12.0. The molecule has 0 N–H and O–H groups in total. The Bertz CT molecular complexity index is 498. The zero-order chi connectivity index (χ0) is 13.7. The minimum absolute atomic E-state index is 0.946. The predicted molar refractivity (Wildman–Crippen MR) is 81.3 cm³/mol. The van der Waals surface area contributed by atoms with E-state index in [1.54, 1.807) is 23.7 Å². The molecule has 100 valence electrons. The van der Waals surface area contributed by atoms with E-state index in [0.29, 0.717) is 0 Å². The average Bonchev–Trinajstić information content (AvgIpc) is 3.05. The van der Waals surface area contributed by atoms with E-state index in [0.717, 1.165) is 29.8 Å². The normalized spacial score (nSPS) is 16.2. The molecule has 0 amide bonds. The standard InChI is InChI=1S/C15H20BFN2/c1-3-4-5-8-13(14-9-6-11-18-14)15-10-7-12-19(15)16(2)17/h6-7,9-12H,3-5,8H2,1-2H3/b14-13-. The molecule has 1 aromatic heterocycles. The summed E-state index contributed by atoms with van der Waals surface area (Å²) in [5.41, 5.74) is 3.06. The van der Waals surface area contributed by atoms with Gasteiger partial charge in [-0.3, -0.25) is 4.99 Å². The van der Waals surface area contributed by atoms with Crippen LogP contribution in [0.1, 0.15) is 38.3 Å². The lowest BCUT2D eigenvalue weighted by Gasteiger charge is -2.13. The van der Waals surface area contributed by atoms with Crippen LogP contribution in [-0.2, 0) is 0 Å². The van der Waals surface area contributed by atoms with Crippen LogP contribution in [0, 0.1) is 0 Å². The quantitative estimate of drug-likeness (QED) is 0.533. The number of aromatic nitrogens is 1. The van der Waals surface area contributed by atoms with Gasteiger partial charge in [-0.15, -0.1) is 0 Å². The van der Waals surface area contributed by atoms with Crippen molar-refractivity contribution in [3.8, 4) is 0 Å². The third-order valence-corrected chi connectivity index (χ3v) is 3.36. The van der Waals surface area contributed by atoms with Crippen molar-refractivity contribution in [2.24, 2.45) is 4.99 Å². The number of hydrogen-bond acceptors (Lipinski definition) is 1. The van der Waals surface area contributed by atoms with E-state index in [-0.39, 0.29) is 0 Å². The van der Waals surface area contributed by atoms with Crippen molar-refractivity contribution in [2.75, 3.05) is 0 Å². The minimum atomic E-state index is -1.01. The lowest BCUT2D eigenvalue weighted by molar-refractivity contribution is 0.731. The molecule has 1 aromatic rings. The molecule has 19 heavy (non-hydrogen) atoms. The highest BCUT2D eigenvalue weighted by Crippen LogP contribution is 2.28. The molecule has 0 aliphatic carbocycles. The molecule has 0 bridgehead atoms. The predicted octanol–water partition coefficient (Wildman–Crippen LogP) is 4.36. The fourth-order valence-corrected chi connectivity index (χ4v) is 2.38. The van der Waals surface area contributed by atoms with Gasteiger partial charge in [0.2, 0.25) is 0 Å². The molecule has 0 saturated heterocycles. The SMILES string of the molecule is CCCCC/C(=C1\C=CC=N1)c1cccn1B(C)F. The number of aliphatic imine (C=N–C) groups is 1. The van der Waals surface area contributed by atoms with Gasteiger partial charge in [-0.1, -0.05) is 19.8 Å². The number of rotatable bonds is 6. The summed E-state index contributed by atoms with van der Waals surface area (Å²) >= 11 is 0. The maximum absolute atomic E-state index is 13.6. The molecule has 0 atom stereocenters. The summed E-state index contributed by atoms with van der Waals surface area (Å²) in [5, 5.41) is 0. The van der Waals surface area contributed by atoms with E-state index in [4.69, 9.17) is 0 Å². The minimum Gasteiger partial charge on any atom is -0.363 e. The monoisotopic (exact) mass is 258 g/mol. The molecular weight excluding hydrogens is 238 g/mol. The van der Waals surface area contributed by atoms with Crippen molar-refractivity contribution in [3.05, 3.63) is 41.9 Å². The van der Waals surface area contributed by atoms with E-state index in [2.05, 4.69) is 11.9 Å². The van der Waals surface area contributed by atoms with Crippen LogP contribution >= 0.6 is 0 Å². The highest BCUT2D eigenvalue weighted by molar-refractivity contribution is 6.48. The Kier molecular flexibility index (Phi) is 4.77. The first-order chi connectivity index (χ1) is 9.24. The highest BCUT2D eigenvalue weighted by atomic mass is 19.1. The van der Waals surface area contributed by atoms with Crippen molar-refractivity contribution < 1.29 is 4.32 Å². The first-order valence-corrected chi connectivity index (χ1v) is 6.99. The van der Waals surface area contributed by atoms with Gasteiger partial charge in [-0.05, 0) is 50.1 Å². The maximum atomic E-state index is 13.6. The van der Waals surface area contributed by atoms with Gasteiger partial charge in [0.25, 0.3) is 0 Å². The molecule has 0 saturated carbocycles. The molecule has 0 aromatic carbocycles. The van der Waals surface area contributed by atoms with Crippen LogP contribution in [0.2, 0.25) is 6.82 Å². The van der Waals surface area contributed by atoms with Crippen LogP contribution in [0.3, 0.4) is 0 Å². The summed E-state index contributed by atoms with van der Waals surface area (Å²) < 4.78 is 15.3. The van der Waals surface area contributed by atoms with E-state index < -0.39 is 7.12 Å². The van der Waals surface area contributed by atoms with Crippen LogP contribution < -0.4 is 0 Å².